The third-order valence-corrected chi connectivity index (χ3v) is 4.42. The Kier molecular flexibility index (Phi) is 2.52. The fourth-order valence-electron chi connectivity index (χ4n) is 2.95. The zero-order valence-corrected chi connectivity index (χ0v) is 13.6. The van der Waals surface area contributed by atoms with Gasteiger partial charge in [0.15, 0.2) is 6.20 Å². The maximum absolute atomic E-state index is 7.84. The molecule has 0 spiro atoms. The van der Waals surface area contributed by atoms with Gasteiger partial charge in [-0.3, -0.25) is 0 Å². The minimum Gasteiger partial charge on any atom is -0.201 e. The van der Waals surface area contributed by atoms with Gasteiger partial charge in [-0.1, -0.05) is 36.4 Å². The van der Waals surface area contributed by atoms with Crippen LogP contribution in [0.3, 0.4) is 0 Å². The van der Waals surface area contributed by atoms with E-state index in [1.165, 1.54) is 12.3 Å². The summed E-state index contributed by atoms with van der Waals surface area (Å²) in [6.45, 7) is -0.964. The summed E-state index contributed by atoms with van der Waals surface area (Å²) in [6, 6.07) is 15.6. The van der Waals surface area contributed by atoms with Crippen LogP contribution in [0.15, 0.2) is 54.7 Å². The van der Waals surface area contributed by atoms with Crippen molar-refractivity contribution in [3.63, 3.8) is 0 Å². The summed E-state index contributed by atoms with van der Waals surface area (Å²) >= 11 is 0. The van der Waals surface area contributed by atoms with E-state index in [-0.39, 0.29) is 11.1 Å². The lowest BCUT2D eigenvalue weighted by Gasteiger charge is -2.13. The fraction of sp³-hybridized carbons (Fsp3) is 0.227. The van der Waals surface area contributed by atoms with Gasteiger partial charge in [-0.2, -0.15) is 0 Å². The first-order valence-corrected chi connectivity index (χ1v) is 7.62. The lowest BCUT2D eigenvalue weighted by molar-refractivity contribution is -0.660. The van der Waals surface area contributed by atoms with Gasteiger partial charge in [-0.25, -0.2) is 4.57 Å². The van der Waals surface area contributed by atoms with Gasteiger partial charge in [0.05, 0.1) is 0 Å². The molecular formula is C22H24N+. The molecule has 1 aromatic heterocycles. The summed E-state index contributed by atoms with van der Waals surface area (Å²) < 4.78 is 48.4. The van der Waals surface area contributed by atoms with Gasteiger partial charge in [-0.05, 0) is 61.4 Å². The molecule has 0 atom stereocenters. The van der Waals surface area contributed by atoms with E-state index in [1.807, 2.05) is 44.2 Å². The summed E-state index contributed by atoms with van der Waals surface area (Å²) in [4.78, 5) is 0. The third kappa shape index (κ3) is 2.79. The maximum atomic E-state index is 7.84. The Hall–Kier alpha value is -2.41. The molecule has 0 unspecified atom stereocenters. The molecule has 1 heterocycles. The van der Waals surface area contributed by atoms with Gasteiger partial charge in [-0.15, -0.1) is 0 Å². The number of aromatic nitrogens is 1. The number of rotatable bonds is 2. The largest absolute Gasteiger partial charge is 0.212 e. The Morgan fingerprint density at radius 3 is 2.17 bits per heavy atom. The van der Waals surface area contributed by atoms with Crippen LogP contribution < -0.4 is 4.57 Å². The van der Waals surface area contributed by atoms with Gasteiger partial charge < -0.3 is 0 Å². The molecule has 0 bridgehead atoms. The Morgan fingerprint density at radius 1 is 0.826 bits per heavy atom. The van der Waals surface area contributed by atoms with Crippen molar-refractivity contribution in [2.24, 2.45) is 7.05 Å². The average Bonchev–Trinajstić information content (AvgIpc) is 2.63. The topological polar surface area (TPSA) is 3.88 Å². The molecule has 0 saturated heterocycles. The van der Waals surface area contributed by atoms with Crippen LogP contribution in [0, 0.1) is 27.6 Å². The van der Waals surface area contributed by atoms with Crippen molar-refractivity contribution in [2.75, 3.05) is 0 Å². The number of pyridine rings is 1. The highest BCUT2D eigenvalue weighted by Crippen LogP contribution is 2.31. The number of hydrogen-bond donors (Lipinski definition) is 0. The maximum Gasteiger partial charge on any atom is 0.212 e. The zero-order chi connectivity index (χ0) is 21.6. The highest BCUT2D eigenvalue weighted by atomic mass is 14.9. The molecule has 0 saturated carbocycles. The molecule has 1 nitrogen and oxygen atoms in total. The van der Waals surface area contributed by atoms with E-state index < -0.39 is 13.7 Å². The van der Waals surface area contributed by atoms with Crippen LogP contribution in [0.25, 0.3) is 22.4 Å². The lowest BCUT2D eigenvalue weighted by Crippen LogP contribution is -2.31. The minimum absolute atomic E-state index is 0.130. The molecule has 0 aliphatic heterocycles. The molecule has 23 heavy (non-hydrogen) atoms. The number of benzene rings is 2. The number of nitrogens with zero attached hydrogens (tertiary/aromatic N) is 1. The van der Waals surface area contributed by atoms with E-state index >= 15 is 0 Å². The van der Waals surface area contributed by atoms with Crippen LogP contribution >= 0.6 is 0 Å². The van der Waals surface area contributed by atoms with Crippen molar-refractivity contribution in [2.45, 2.75) is 27.6 Å². The lowest BCUT2D eigenvalue weighted by atomic mass is 9.92. The monoisotopic (exact) mass is 308 g/mol. The smallest absolute Gasteiger partial charge is 0.201 e. The highest BCUT2D eigenvalue weighted by molar-refractivity contribution is 5.75. The van der Waals surface area contributed by atoms with Crippen molar-refractivity contribution in [3.05, 3.63) is 77.0 Å². The van der Waals surface area contributed by atoms with Gasteiger partial charge in [0.1, 0.15) is 7.05 Å². The second-order valence-electron chi connectivity index (χ2n) is 5.87. The van der Waals surface area contributed by atoms with Crippen LogP contribution in [0.2, 0.25) is 0 Å². The summed E-state index contributed by atoms with van der Waals surface area (Å²) in [5.41, 5.74) is 5.64. The first kappa shape index (κ1) is 9.67. The molecule has 0 fully saturated rings. The molecule has 1 heteroatoms. The quantitative estimate of drug-likeness (QED) is 0.581. The van der Waals surface area contributed by atoms with Gasteiger partial charge in [0.25, 0.3) is 0 Å². The third-order valence-electron chi connectivity index (χ3n) is 4.42. The Bertz CT molecular complexity index is 1050. The number of hydrogen-bond acceptors (Lipinski definition) is 0. The van der Waals surface area contributed by atoms with Crippen LogP contribution in [-0.4, -0.2) is 0 Å². The summed E-state index contributed by atoms with van der Waals surface area (Å²) in [5, 5.41) is 0. The van der Waals surface area contributed by atoms with E-state index in [0.29, 0.717) is 5.69 Å². The predicted octanol–water partition coefficient (Wildman–Crippen LogP) is 5.08. The zero-order valence-electron chi connectivity index (χ0n) is 19.6. The molecule has 116 valence electrons. The molecule has 3 aromatic rings. The first-order chi connectivity index (χ1) is 13.4. The molecule has 0 N–H and O–H groups in total. The van der Waals surface area contributed by atoms with Crippen molar-refractivity contribution in [3.8, 4) is 22.4 Å². The summed E-state index contributed by atoms with van der Waals surface area (Å²) in [5.74, 6) is 0. The van der Waals surface area contributed by atoms with Gasteiger partial charge in [0, 0.05) is 25.4 Å². The predicted molar refractivity (Wildman–Crippen MR) is 97.4 cm³/mol. The second-order valence-corrected chi connectivity index (χ2v) is 5.87. The van der Waals surface area contributed by atoms with E-state index in [9.17, 15) is 0 Å². The van der Waals surface area contributed by atoms with Crippen molar-refractivity contribution < 1.29 is 12.8 Å². The second kappa shape index (κ2) is 6.00. The summed E-state index contributed by atoms with van der Waals surface area (Å²) in [7, 11) is 1.74. The SMILES string of the molecule is [2H]C([2H])([2H])c1cc(-c2ccc(-c3ccccc3)c(C)c2C)[n+](C)cc1C([2H])([2H])[2H]. The molecule has 0 aliphatic carbocycles. The first-order valence-electron chi connectivity index (χ1n) is 10.6. The minimum atomic E-state index is -2.51. The Morgan fingerprint density at radius 2 is 1.48 bits per heavy atom. The Balaban J connectivity index is 2.23. The molecular weight excluding hydrogens is 278 g/mol. The van der Waals surface area contributed by atoms with Crippen molar-refractivity contribution >= 4 is 0 Å². The van der Waals surface area contributed by atoms with E-state index in [4.69, 9.17) is 8.22 Å². The van der Waals surface area contributed by atoms with Crippen LogP contribution in [-0.2, 0) is 7.05 Å². The molecule has 0 amide bonds. The van der Waals surface area contributed by atoms with Crippen LogP contribution in [0.1, 0.15) is 30.5 Å². The molecule has 0 radical (unpaired) electrons. The van der Waals surface area contributed by atoms with E-state index in [2.05, 4.69) is 12.1 Å². The van der Waals surface area contributed by atoms with Crippen molar-refractivity contribution in [1.82, 2.24) is 0 Å². The Labute approximate surface area is 147 Å². The van der Waals surface area contributed by atoms with E-state index in [1.54, 1.807) is 11.6 Å². The molecule has 3 rings (SSSR count). The van der Waals surface area contributed by atoms with Crippen LogP contribution in [0.5, 0.6) is 0 Å². The summed E-state index contributed by atoms with van der Waals surface area (Å²) in [6.07, 6.45) is 1.42. The average molecular weight is 308 g/mol. The normalized spacial score (nSPS) is 15.8. The fourth-order valence-corrected chi connectivity index (χ4v) is 2.95. The highest BCUT2D eigenvalue weighted by Gasteiger charge is 2.17. The van der Waals surface area contributed by atoms with E-state index in [0.717, 1.165) is 27.8 Å². The van der Waals surface area contributed by atoms with Gasteiger partial charge in [0.2, 0.25) is 5.69 Å². The van der Waals surface area contributed by atoms with Crippen molar-refractivity contribution in [1.29, 1.82) is 0 Å². The molecule has 2 aromatic carbocycles. The van der Waals surface area contributed by atoms with Crippen LogP contribution in [0.4, 0.5) is 0 Å². The van der Waals surface area contributed by atoms with Gasteiger partial charge >= 0.3 is 0 Å². The standard InChI is InChI=1S/C22H24N/c1-15-13-22(23(5)14-16(15)2)21-12-11-20(17(3)18(21)4)19-9-7-6-8-10-19/h6-14H,1-5H3/q+1/i1D3,2D3. The number of aryl methyl sites for hydroxylation is 3. The molecule has 0 aliphatic rings.